The van der Waals surface area contributed by atoms with Gasteiger partial charge in [0.25, 0.3) is 0 Å². The molecule has 0 aromatic rings. The Balaban J connectivity index is 1.97. The van der Waals surface area contributed by atoms with E-state index in [1.54, 1.807) is 0 Å². The van der Waals surface area contributed by atoms with Crippen LogP contribution in [0.5, 0.6) is 0 Å². The van der Waals surface area contributed by atoms with Crippen LogP contribution in [0.4, 0.5) is 0 Å². The molecule has 0 amide bonds. The monoisotopic (exact) mass is 164 g/mol. The Labute approximate surface area is 40.2 Å². The molecule has 0 atom stereocenters. The van der Waals surface area contributed by atoms with E-state index in [9.17, 15) is 0 Å². The van der Waals surface area contributed by atoms with Crippen molar-refractivity contribution >= 4 is 22.8 Å². The van der Waals surface area contributed by atoms with Crippen molar-refractivity contribution in [3.63, 3.8) is 0 Å². The number of hydrogen-bond acceptors (Lipinski definition) is 1. The van der Waals surface area contributed by atoms with E-state index < -0.39 is 0 Å². The third-order valence-electron chi connectivity index (χ3n) is 0.177. The first-order chi connectivity index (χ1) is 1.91. The van der Waals surface area contributed by atoms with Crippen molar-refractivity contribution in [2.24, 2.45) is 0 Å². The van der Waals surface area contributed by atoms with E-state index in [2.05, 4.69) is 10.5 Å². The normalized spacial score (nSPS) is 7.50. The topological polar surface area (TPSA) is 12.0 Å². The Morgan fingerprint density at radius 1 is 2.00 bits per heavy atom. The van der Waals surface area contributed by atoms with Crippen LogP contribution in [0.1, 0.15) is 6.92 Å². The Morgan fingerprint density at radius 2 is 2.25 bits per heavy atom. The maximum atomic E-state index is 3.02. The van der Waals surface area contributed by atoms with Crippen molar-refractivity contribution in [3.05, 3.63) is 0 Å². The molecule has 0 heterocycles. The summed E-state index contributed by atoms with van der Waals surface area (Å²) in [4.78, 5) is 0. The third-order valence-corrected chi connectivity index (χ3v) is 1.19. The molecule has 0 bridgehead atoms. The van der Waals surface area contributed by atoms with Gasteiger partial charge in [-0.1, -0.05) is 0 Å². The predicted octanol–water partition coefficient (Wildman–Crippen LogP) is -0.321. The van der Waals surface area contributed by atoms with Crippen LogP contribution in [0.2, 0.25) is 0 Å². The zero-order valence-corrected chi connectivity index (χ0v) is 5.56. The van der Waals surface area contributed by atoms with Crippen molar-refractivity contribution in [2.45, 2.75) is 6.92 Å². The molecule has 1 N–H and O–H groups in total. The van der Waals surface area contributed by atoms with E-state index >= 15 is 0 Å². The average molecular weight is 163 g/mol. The van der Waals surface area contributed by atoms with Gasteiger partial charge in [-0.25, -0.2) is 0 Å². The van der Waals surface area contributed by atoms with Crippen molar-refractivity contribution in [1.82, 2.24) is 3.54 Å². The van der Waals surface area contributed by atoms with Gasteiger partial charge in [-0.3, -0.25) is 0 Å². The van der Waals surface area contributed by atoms with E-state index in [-0.39, 0.29) is 0 Å². The molecular weight excluding hydrogens is 157 g/mol. The van der Waals surface area contributed by atoms with Gasteiger partial charge < -0.3 is 0 Å². The standard InChI is InChI=1S/C2H6N.Sn/c1-2-3;/h3H,2H2,1H3;/q-1;+1. The second kappa shape index (κ2) is 3.76. The molecule has 23 valence electrons. The number of hydrogen-bond donors (Lipinski definition) is 1. The molecular formula is C2H6NSn. The van der Waals surface area contributed by atoms with Crippen molar-refractivity contribution in [3.8, 4) is 0 Å². The third kappa shape index (κ3) is 2.76. The van der Waals surface area contributed by atoms with Gasteiger partial charge in [0, 0.05) is 0 Å². The summed E-state index contributed by atoms with van der Waals surface area (Å²) in [5, 5.41) is 0. The van der Waals surface area contributed by atoms with Crippen LogP contribution in [-0.2, 0) is 0 Å². The molecule has 0 aromatic heterocycles. The van der Waals surface area contributed by atoms with Crippen LogP contribution < -0.4 is 3.54 Å². The maximum absolute atomic E-state index is 3.02. The first-order valence-electron chi connectivity index (χ1n) is 1.31. The van der Waals surface area contributed by atoms with Gasteiger partial charge in [0.15, 0.2) is 0 Å². The Kier molecular flexibility index (Phi) is 4.47. The zero-order chi connectivity index (χ0) is 3.41. The van der Waals surface area contributed by atoms with Gasteiger partial charge in [0.2, 0.25) is 0 Å². The zero-order valence-electron chi connectivity index (χ0n) is 2.71. The Bertz CT molecular complexity index is 8.00. The molecule has 0 aromatic carbocycles. The fourth-order valence-corrected chi connectivity index (χ4v) is 0. The van der Waals surface area contributed by atoms with Gasteiger partial charge in [-0.15, -0.1) is 0 Å². The molecule has 2 heteroatoms. The van der Waals surface area contributed by atoms with Crippen LogP contribution in [-0.4, -0.2) is 29.3 Å². The predicted molar refractivity (Wildman–Crippen MR) is 19.4 cm³/mol. The fraction of sp³-hybridized carbons (Fsp3) is 1.00. The molecule has 0 fully saturated rings. The summed E-state index contributed by atoms with van der Waals surface area (Å²) in [5.74, 6) is 0. The first kappa shape index (κ1) is 4.76. The van der Waals surface area contributed by atoms with Gasteiger partial charge in [-0.05, 0) is 0 Å². The van der Waals surface area contributed by atoms with Crippen LogP contribution in [0.25, 0.3) is 0 Å². The van der Waals surface area contributed by atoms with E-state index in [1.807, 2.05) is 0 Å². The molecule has 0 rings (SSSR count). The van der Waals surface area contributed by atoms with Gasteiger partial charge in [0.05, 0.1) is 0 Å². The summed E-state index contributed by atoms with van der Waals surface area (Å²) in [7, 11) is 0. The molecule has 0 aliphatic carbocycles. The van der Waals surface area contributed by atoms with Crippen molar-refractivity contribution in [1.29, 1.82) is 0 Å². The summed E-state index contributed by atoms with van der Waals surface area (Å²) in [5.41, 5.74) is 0. The summed E-state index contributed by atoms with van der Waals surface area (Å²) < 4.78 is 3.02. The first-order valence-corrected chi connectivity index (χ1v) is 2.74. The molecule has 0 saturated heterocycles. The van der Waals surface area contributed by atoms with Crippen LogP contribution in [0.15, 0.2) is 0 Å². The molecule has 0 spiro atoms. The summed E-state index contributed by atoms with van der Waals surface area (Å²) >= 11 is 1.42. The minimum atomic E-state index is 1.11. The summed E-state index contributed by atoms with van der Waals surface area (Å²) in [6.07, 6.45) is 0. The molecule has 0 aliphatic rings. The van der Waals surface area contributed by atoms with Gasteiger partial charge >= 0.3 is 39.8 Å². The van der Waals surface area contributed by atoms with Crippen LogP contribution in [0, 0.1) is 0 Å². The quantitative estimate of drug-likeness (QED) is 0.522. The molecule has 1 nitrogen and oxygen atoms in total. The SMILES string of the molecule is CC[NH][Sn]. The number of rotatable bonds is 1. The van der Waals surface area contributed by atoms with E-state index in [4.69, 9.17) is 0 Å². The second-order valence-corrected chi connectivity index (χ2v) is 1.54. The molecule has 3 radical (unpaired) electrons. The molecule has 0 aliphatic heterocycles. The van der Waals surface area contributed by atoms with Crippen LogP contribution in [0.3, 0.4) is 0 Å². The summed E-state index contributed by atoms with van der Waals surface area (Å²) in [6, 6.07) is 0. The van der Waals surface area contributed by atoms with Crippen molar-refractivity contribution in [2.75, 3.05) is 6.54 Å². The number of nitrogens with one attached hydrogen (secondary N) is 1. The molecule has 4 heavy (non-hydrogen) atoms. The van der Waals surface area contributed by atoms with Gasteiger partial charge in [0.1, 0.15) is 0 Å². The fourth-order valence-electron chi connectivity index (χ4n) is 0. The van der Waals surface area contributed by atoms with Gasteiger partial charge in [-0.2, -0.15) is 0 Å². The van der Waals surface area contributed by atoms with E-state index in [0.29, 0.717) is 0 Å². The molecule has 0 unspecified atom stereocenters. The van der Waals surface area contributed by atoms with E-state index in [0.717, 1.165) is 6.54 Å². The Morgan fingerprint density at radius 3 is 2.25 bits per heavy atom. The molecule has 0 saturated carbocycles. The Hall–Kier alpha value is 0.759. The average Bonchev–Trinajstić information content (AvgIpc) is 1.37. The van der Waals surface area contributed by atoms with Crippen molar-refractivity contribution < 1.29 is 0 Å². The second-order valence-electron chi connectivity index (χ2n) is 0.530. The van der Waals surface area contributed by atoms with E-state index in [1.165, 1.54) is 22.8 Å². The summed E-state index contributed by atoms with van der Waals surface area (Å²) in [6.45, 7) is 3.20. The van der Waals surface area contributed by atoms with Crippen LogP contribution >= 0.6 is 0 Å². The minimum absolute atomic E-state index is 1.11.